The number of carbonyl (C=O) groups excluding carboxylic acids is 6. The zero-order chi connectivity index (χ0) is 109. The van der Waals surface area contributed by atoms with Gasteiger partial charge in [0, 0.05) is 57.4 Å². The average molecular weight is 2320 g/mol. The highest BCUT2D eigenvalue weighted by molar-refractivity contribution is 7.87. The first kappa shape index (κ1) is 137. The van der Waals surface area contributed by atoms with E-state index in [1.807, 2.05) is 6.07 Å². The second-order valence-corrected chi connectivity index (χ2v) is 39.1. The van der Waals surface area contributed by atoms with Crippen LogP contribution in [-0.4, -0.2) is 260 Å². The molecule has 0 spiro atoms. The number of carbonyl (C=O) groups is 6. The molecule has 12 unspecified atom stereocenters. The molecule has 6 aliphatic heterocycles. The van der Waals surface area contributed by atoms with E-state index in [1.54, 1.807) is 66.7 Å². The molecular formula is C84H84F24O36S6. The molecule has 6 fully saturated rings. The molecule has 36 nitrogen and oxygen atoms in total. The number of ether oxygens (including phenoxy) is 12. The van der Waals surface area contributed by atoms with Gasteiger partial charge >= 0.3 is 88.6 Å². The third-order valence-electron chi connectivity index (χ3n) is 18.8. The van der Waals surface area contributed by atoms with Crippen molar-refractivity contribution >= 4 is 96.5 Å². The second kappa shape index (κ2) is 53.4. The Hall–Kier alpha value is -11.1. The van der Waals surface area contributed by atoms with Gasteiger partial charge in [0.2, 0.25) is 18.3 Å². The van der Waals surface area contributed by atoms with Crippen LogP contribution >= 0.6 is 0 Å². The number of aryl methyl sites for hydroxylation is 2. The summed E-state index contributed by atoms with van der Waals surface area (Å²) in [5.74, 6) is -14.8. The van der Waals surface area contributed by atoms with Crippen LogP contribution in [0.5, 0.6) is 0 Å². The predicted molar refractivity (Wildman–Crippen MR) is 455 cm³/mol. The van der Waals surface area contributed by atoms with Gasteiger partial charge < -0.3 is 84.2 Å². The number of esters is 6. The molecule has 0 aromatic heterocycles. The summed E-state index contributed by atoms with van der Waals surface area (Å²) < 4.78 is 548. The summed E-state index contributed by atoms with van der Waals surface area (Å²) in [6.45, 7) is 3.06. The van der Waals surface area contributed by atoms with Crippen molar-refractivity contribution in [3.63, 3.8) is 0 Å². The van der Waals surface area contributed by atoms with Crippen molar-refractivity contribution < 1.29 is 269 Å². The number of halogens is 24. The molecule has 840 valence electrons. The lowest BCUT2D eigenvalue weighted by Gasteiger charge is -2.29. The fourth-order valence-corrected chi connectivity index (χ4v) is 14.5. The molecule has 0 aliphatic carbocycles. The van der Waals surface area contributed by atoms with Crippen LogP contribution in [0.1, 0.15) is 126 Å². The minimum Gasteiger partial charge on any atom is -0.748 e. The van der Waals surface area contributed by atoms with E-state index in [9.17, 15) is 212 Å². The maximum absolute atomic E-state index is 13.3. The summed E-state index contributed by atoms with van der Waals surface area (Å²) >= 11 is 0. The first-order valence-corrected chi connectivity index (χ1v) is 48.2. The molecule has 0 saturated carbocycles. The Morgan fingerprint density at radius 3 is 0.840 bits per heavy atom. The van der Waals surface area contributed by atoms with Crippen LogP contribution in [0.4, 0.5) is 105 Å². The molecule has 6 heterocycles. The molecule has 0 bridgehead atoms. The van der Waals surface area contributed by atoms with Crippen LogP contribution in [-0.2, 0) is 162 Å². The highest BCUT2D eigenvalue weighted by Crippen LogP contribution is 2.44. The molecule has 0 amide bonds. The van der Waals surface area contributed by atoms with Gasteiger partial charge in [-0.1, -0.05) is 121 Å². The number of alkyl halides is 24. The van der Waals surface area contributed by atoms with Crippen molar-refractivity contribution in [2.45, 2.75) is 165 Å². The Morgan fingerprint density at radius 2 is 0.520 bits per heavy atom. The van der Waals surface area contributed by atoms with Crippen LogP contribution in [0.25, 0.3) is 0 Å². The first-order valence-electron chi connectivity index (χ1n) is 39.3. The number of epoxide rings is 6. The summed E-state index contributed by atoms with van der Waals surface area (Å²) in [6.07, 6.45) is -58.5. The summed E-state index contributed by atoms with van der Waals surface area (Å²) in [5.41, 5.74) is 5.52. The van der Waals surface area contributed by atoms with E-state index >= 15 is 0 Å². The van der Waals surface area contributed by atoms with Crippen molar-refractivity contribution in [2.75, 3.05) is 56.9 Å². The molecule has 6 aliphatic rings. The summed E-state index contributed by atoms with van der Waals surface area (Å²) in [4.78, 5) is 69.4. The molecule has 12 rings (SSSR count). The van der Waals surface area contributed by atoms with Gasteiger partial charge in [-0.05, 0) is 92.7 Å². The molecule has 0 N–H and O–H groups in total. The minimum atomic E-state index is -6.72. The zero-order valence-corrected chi connectivity index (χ0v) is 82.0. The maximum atomic E-state index is 13.3. The molecule has 12 atom stereocenters. The lowest BCUT2D eigenvalue weighted by Crippen LogP contribution is -2.52. The van der Waals surface area contributed by atoms with E-state index in [1.165, 1.54) is 60.7 Å². The molecule has 6 aromatic rings. The lowest BCUT2D eigenvalue weighted by molar-refractivity contribution is -0.259. The Labute approximate surface area is 839 Å². The van der Waals surface area contributed by atoms with E-state index in [0.717, 1.165) is 28.8 Å². The van der Waals surface area contributed by atoms with E-state index in [0.29, 0.717) is 73.0 Å². The summed E-state index contributed by atoms with van der Waals surface area (Å²) in [6, 6.07) is 35.9. The largest absolute Gasteiger partial charge is 0.748 e. The zero-order valence-electron chi connectivity index (χ0n) is 77.1. The fourth-order valence-electron chi connectivity index (χ4n) is 11.2. The normalized spacial score (nSPS) is 18.5. The highest BCUT2D eigenvalue weighted by atomic mass is 32.2. The Balaban J connectivity index is 0.000000893. The predicted octanol–water partition coefficient (Wildman–Crippen LogP) is 13.3. The van der Waals surface area contributed by atoms with Gasteiger partial charge in [-0.15, -0.1) is 0 Å². The van der Waals surface area contributed by atoms with Crippen molar-refractivity contribution in [1.82, 2.24) is 0 Å². The first-order chi connectivity index (χ1) is 65.6. The van der Waals surface area contributed by atoms with Crippen molar-refractivity contribution in [2.24, 2.45) is 0 Å². The minimum absolute atomic E-state index is 0. The molecule has 66 heteroatoms. The highest BCUT2D eigenvalue weighted by Gasteiger charge is 2.66. The lowest BCUT2D eigenvalue weighted by atomic mass is 10.0. The van der Waals surface area contributed by atoms with E-state index in [4.69, 9.17) is 28.4 Å². The maximum Gasteiger partial charge on any atom is 0.432 e. The van der Waals surface area contributed by atoms with Crippen LogP contribution in [0.15, 0.2) is 146 Å². The van der Waals surface area contributed by atoms with Crippen LogP contribution in [0.3, 0.4) is 0 Å². The van der Waals surface area contributed by atoms with Crippen LogP contribution in [0.2, 0.25) is 0 Å². The third-order valence-corrected chi connectivity index (χ3v) is 23.6. The smallest absolute Gasteiger partial charge is 0.432 e. The van der Waals surface area contributed by atoms with Crippen LogP contribution < -0.4 is 0 Å². The van der Waals surface area contributed by atoms with Crippen LogP contribution in [0, 0.1) is 44.6 Å². The van der Waals surface area contributed by atoms with Crippen molar-refractivity contribution in [3.8, 4) is 0 Å². The SMILES string of the molecule is O=C(CCc1ccc(C2CO2)cc1)OC(C(F)(F)F)C(F)(F)S(=O)(=O)[O-].O=C(CCc1cccc(C2CO2)c1)OC(CS(=O)(=O)[O-])C(F)(F)F.O=C(Cc1ccc(C2CO2)cc1)OC(CS(=O)(=O)[O-])C(F)(F)F.O=C(Cc1cccc(C2CO2)c1)OC(C(F)(F)F)C(F)(F)S(=O)(=O)[O-].O=C(OC(C(F)(F)F)C(F)(F)S(=O)(=O)[O-])c1ccc(C2CO2)cc1.O=C(OC(CS(=O)(=O)[O-])C(F)(F)F)c1cccc(C2CO2)c1.[CH3+].[CH3+].[CH3+].[CH3+].[CH3+].[CH3+]. The summed E-state index contributed by atoms with van der Waals surface area (Å²) in [7, 11) is -35.7. The average Bonchev–Trinajstić information content (AvgIpc) is 1.78. The Morgan fingerprint density at radius 1 is 0.273 bits per heavy atom. The van der Waals surface area contributed by atoms with E-state index in [-0.39, 0.29) is 112 Å². The number of hydrogen-bond acceptors (Lipinski definition) is 36. The van der Waals surface area contributed by atoms with Gasteiger partial charge in [-0.25, -0.2) is 60.1 Å². The quantitative estimate of drug-likeness (QED) is 0.00880. The van der Waals surface area contributed by atoms with Gasteiger partial charge in [0.15, 0.2) is 30.4 Å². The van der Waals surface area contributed by atoms with E-state index < -0.39 is 228 Å². The second-order valence-electron chi connectivity index (χ2n) is 30.4. The number of rotatable bonds is 36. The van der Waals surface area contributed by atoms with Gasteiger partial charge in [0.25, 0.3) is 18.3 Å². The topological polar surface area (TPSA) is 576 Å². The van der Waals surface area contributed by atoms with Crippen molar-refractivity contribution in [1.29, 1.82) is 0 Å². The molecule has 0 radical (unpaired) electrons. The third kappa shape index (κ3) is 45.1. The Kier molecular flexibility index (Phi) is 48.8. The molecule has 6 saturated heterocycles. The Bertz CT molecular complexity index is 6200. The van der Waals surface area contributed by atoms with E-state index in [2.05, 4.69) is 28.4 Å². The van der Waals surface area contributed by atoms with Gasteiger partial charge in [-0.2, -0.15) is 105 Å². The van der Waals surface area contributed by atoms with Gasteiger partial charge in [0.1, 0.15) is 36.6 Å². The number of hydrogen-bond donors (Lipinski definition) is 0. The standard InChI is InChI=1S/C14H13F5O6S.C14H15F3O6S.C13H11F5O6S.C13H13F3O6S.C12H9F5O6S.C12H11F3O6S.6CH3/c15-13(16,17)12(14(18,19)26(21,22)23)25-11(20)6-3-8-1-4-9(5-2-8)10-7-24-10;15-14(16,17)12(8-24(19,20)21)23-13(18)5-4-9-2-1-3-10(6-9)11-7-22-11;14-12(15,16)11(13(17,18)25(20,21)22)24-10(19)5-7-2-1-3-8(4-7)9-6-23-9;14-13(15,16)11(7-23(18,19)20)22-12(17)5-8-1-3-9(4-2-8)10-6-21-10;13-11(14,15)10(12(16,17)24(19,20)21)23-9(18)7-3-1-6(2-4-7)8-5-22-8;13-12(14,15)10(6-22(17,18)19)21-11(16)8-3-1-2-7(4-8)9-5-20-9;;;;;;/h1-2,4-5,10,12H,3,6-7H2,(H,21,22,23);1-3,6,11-12H,4-5,7-8H2,(H,19,20,21);1-4,9,11H,5-6H2,(H,20,21,22);1-4,10-11H,5-7H2,(H,18,19,20);1-4,8,10H,5H2,(H,19,20,21);1-4,9-10H,5-6H2,(H,17,18,19);6*1H3/q;;;;;;6*+1/p-6. The van der Waals surface area contributed by atoms with Gasteiger partial charge in [0.05, 0.1) is 111 Å². The molecule has 6 aromatic carbocycles. The molecular weight excluding hydrogens is 2230 g/mol. The van der Waals surface area contributed by atoms with Crippen molar-refractivity contribution in [3.05, 3.63) is 257 Å². The fraction of sp³-hybridized carbons (Fsp3) is 0.429. The molecule has 150 heavy (non-hydrogen) atoms. The number of benzene rings is 6. The summed E-state index contributed by atoms with van der Waals surface area (Å²) in [5, 5.41) is -17.6. The van der Waals surface area contributed by atoms with Gasteiger partial charge in [-0.3, -0.25) is 19.2 Å². The monoisotopic (exact) mass is 2320 g/mol.